The third-order valence-electron chi connectivity index (χ3n) is 1.94. The molecule has 0 aromatic rings. The summed E-state index contributed by atoms with van der Waals surface area (Å²) in [6.45, 7) is 7.90. The SMILES string of the molecule is CCOCCNC(C(=O)OC)C(C)C. The molecule has 0 saturated heterocycles. The van der Waals surface area contributed by atoms with Gasteiger partial charge in [-0.3, -0.25) is 4.79 Å². The van der Waals surface area contributed by atoms with E-state index in [1.807, 2.05) is 20.8 Å². The van der Waals surface area contributed by atoms with Crippen LogP contribution in [-0.4, -0.2) is 38.9 Å². The van der Waals surface area contributed by atoms with Gasteiger partial charge in [0.05, 0.1) is 13.7 Å². The van der Waals surface area contributed by atoms with Crippen molar-refractivity contribution in [1.82, 2.24) is 5.32 Å². The maximum Gasteiger partial charge on any atom is 0.323 e. The van der Waals surface area contributed by atoms with Crippen molar-refractivity contribution in [2.45, 2.75) is 26.8 Å². The number of nitrogens with one attached hydrogen (secondary N) is 1. The van der Waals surface area contributed by atoms with E-state index < -0.39 is 0 Å². The number of esters is 1. The van der Waals surface area contributed by atoms with Crippen molar-refractivity contribution in [2.75, 3.05) is 26.9 Å². The highest BCUT2D eigenvalue weighted by Crippen LogP contribution is 2.02. The first-order chi connectivity index (χ1) is 6.63. The van der Waals surface area contributed by atoms with Crippen LogP contribution in [0.2, 0.25) is 0 Å². The van der Waals surface area contributed by atoms with Gasteiger partial charge in [-0.15, -0.1) is 0 Å². The highest BCUT2D eigenvalue weighted by atomic mass is 16.5. The summed E-state index contributed by atoms with van der Waals surface area (Å²) in [5.41, 5.74) is 0. The Morgan fingerprint density at radius 2 is 2.07 bits per heavy atom. The van der Waals surface area contributed by atoms with Crippen molar-refractivity contribution in [3.05, 3.63) is 0 Å². The summed E-state index contributed by atoms with van der Waals surface area (Å²) in [4.78, 5) is 11.3. The number of carbonyl (C=O) groups is 1. The Kier molecular flexibility index (Phi) is 7.42. The molecule has 0 aromatic carbocycles. The third kappa shape index (κ3) is 5.19. The van der Waals surface area contributed by atoms with Gasteiger partial charge in [0.25, 0.3) is 0 Å². The standard InChI is InChI=1S/C10H21NO3/c1-5-14-7-6-11-9(8(2)3)10(12)13-4/h8-9,11H,5-7H2,1-4H3. The third-order valence-corrected chi connectivity index (χ3v) is 1.94. The Morgan fingerprint density at radius 3 is 2.50 bits per heavy atom. The van der Waals surface area contributed by atoms with E-state index in [0.29, 0.717) is 19.8 Å². The normalized spacial score (nSPS) is 12.9. The molecule has 0 bridgehead atoms. The average Bonchev–Trinajstić information content (AvgIpc) is 2.16. The molecule has 1 atom stereocenters. The first-order valence-electron chi connectivity index (χ1n) is 5.02. The maximum atomic E-state index is 11.3. The minimum absolute atomic E-state index is 0.212. The first kappa shape index (κ1) is 13.4. The summed E-state index contributed by atoms with van der Waals surface area (Å²) in [6.07, 6.45) is 0. The zero-order valence-electron chi connectivity index (χ0n) is 9.50. The summed E-state index contributed by atoms with van der Waals surface area (Å²) in [5.74, 6) is 0.0144. The van der Waals surface area contributed by atoms with Crippen LogP contribution in [0.3, 0.4) is 0 Å². The highest BCUT2D eigenvalue weighted by molar-refractivity contribution is 5.75. The molecule has 4 nitrogen and oxygen atoms in total. The van der Waals surface area contributed by atoms with Crippen LogP contribution in [0.5, 0.6) is 0 Å². The van der Waals surface area contributed by atoms with Crippen molar-refractivity contribution in [1.29, 1.82) is 0 Å². The van der Waals surface area contributed by atoms with Crippen molar-refractivity contribution >= 4 is 5.97 Å². The number of rotatable bonds is 7. The summed E-state index contributed by atoms with van der Waals surface area (Å²) in [5, 5.41) is 3.11. The van der Waals surface area contributed by atoms with Gasteiger partial charge < -0.3 is 14.8 Å². The Hall–Kier alpha value is -0.610. The zero-order valence-corrected chi connectivity index (χ0v) is 9.50. The molecule has 0 amide bonds. The first-order valence-corrected chi connectivity index (χ1v) is 5.02. The Labute approximate surface area is 86.0 Å². The number of ether oxygens (including phenoxy) is 2. The molecular weight excluding hydrogens is 182 g/mol. The lowest BCUT2D eigenvalue weighted by molar-refractivity contribution is -0.144. The number of carbonyl (C=O) groups excluding carboxylic acids is 1. The zero-order chi connectivity index (χ0) is 11.0. The quantitative estimate of drug-likeness (QED) is 0.491. The Balaban J connectivity index is 3.80. The van der Waals surface area contributed by atoms with Crippen LogP contribution >= 0.6 is 0 Å². The smallest absolute Gasteiger partial charge is 0.323 e. The van der Waals surface area contributed by atoms with E-state index in [9.17, 15) is 4.79 Å². The molecule has 0 aliphatic heterocycles. The van der Waals surface area contributed by atoms with Gasteiger partial charge in [0.15, 0.2) is 0 Å². The Bertz CT molecular complexity index is 159. The molecule has 1 N–H and O–H groups in total. The van der Waals surface area contributed by atoms with Crippen molar-refractivity contribution in [2.24, 2.45) is 5.92 Å². The van der Waals surface area contributed by atoms with Crippen molar-refractivity contribution in [3.8, 4) is 0 Å². The van der Waals surface area contributed by atoms with Crippen LogP contribution in [0.4, 0.5) is 0 Å². The van der Waals surface area contributed by atoms with Gasteiger partial charge in [-0.25, -0.2) is 0 Å². The van der Waals surface area contributed by atoms with E-state index in [0.717, 1.165) is 0 Å². The molecule has 0 aliphatic carbocycles. The van der Waals surface area contributed by atoms with Gasteiger partial charge in [0.1, 0.15) is 6.04 Å². The topological polar surface area (TPSA) is 47.6 Å². The molecular formula is C10H21NO3. The van der Waals surface area contributed by atoms with Gasteiger partial charge >= 0.3 is 5.97 Å². The maximum absolute atomic E-state index is 11.3. The lowest BCUT2D eigenvalue weighted by Gasteiger charge is -2.19. The monoisotopic (exact) mass is 203 g/mol. The lowest BCUT2D eigenvalue weighted by atomic mass is 10.1. The average molecular weight is 203 g/mol. The predicted octanol–water partition coefficient (Wildman–Crippen LogP) is 0.810. The molecule has 0 fully saturated rings. The summed E-state index contributed by atoms with van der Waals surface area (Å²) < 4.78 is 9.85. The van der Waals surface area contributed by atoms with Gasteiger partial charge in [-0.05, 0) is 12.8 Å². The van der Waals surface area contributed by atoms with Gasteiger partial charge in [-0.2, -0.15) is 0 Å². The molecule has 0 aromatic heterocycles. The van der Waals surface area contributed by atoms with Crippen LogP contribution in [0.1, 0.15) is 20.8 Å². The van der Waals surface area contributed by atoms with Crippen LogP contribution in [0, 0.1) is 5.92 Å². The number of hydrogen-bond acceptors (Lipinski definition) is 4. The summed E-state index contributed by atoms with van der Waals surface area (Å²) in [6, 6.07) is -0.236. The predicted molar refractivity (Wildman–Crippen MR) is 55.1 cm³/mol. The fourth-order valence-electron chi connectivity index (χ4n) is 1.15. The molecule has 0 rings (SSSR count). The largest absolute Gasteiger partial charge is 0.468 e. The summed E-state index contributed by atoms with van der Waals surface area (Å²) >= 11 is 0. The molecule has 14 heavy (non-hydrogen) atoms. The fourth-order valence-corrected chi connectivity index (χ4v) is 1.15. The molecule has 4 heteroatoms. The van der Waals surface area contributed by atoms with Crippen LogP contribution in [-0.2, 0) is 14.3 Å². The minimum Gasteiger partial charge on any atom is -0.468 e. The molecule has 0 radical (unpaired) electrons. The Morgan fingerprint density at radius 1 is 1.43 bits per heavy atom. The van der Waals surface area contributed by atoms with E-state index in [1.165, 1.54) is 7.11 Å². The van der Waals surface area contributed by atoms with E-state index in [1.54, 1.807) is 0 Å². The number of methoxy groups -OCH3 is 1. The highest BCUT2D eigenvalue weighted by Gasteiger charge is 2.21. The van der Waals surface area contributed by atoms with Gasteiger partial charge in [-0.1, -0.05) is 13.8 Å². The second-order valence-electron chi connectivity index (χ2n) is 3.40. The molecule has 0 saturated carbocycles. The second kappa shape index (κ2) is 7.76. The molecule has 0 aliphatic rings. The van der Waals surface area contributed by atoms with E-state index in [2.05, 4.69) is 10.1 Å². The molecule has 84 valence electrons. The van der Waals surface area contributed by atoms with Gasteiger partial charge in [0, 0.05) is 13.2 Å². The second-order valence-corrected chi connectivity index (χ2v) is 3.40. The minimum atomic E-state index is -0.236. The summed E-state index contributed by atoms with van der Waals surface area (Å²) in [7, 11) is 1.40. The van der Waals surface area contributed by atoms with E-state index in [-0.39, 0.29) is 17.9 Å². The van der Waals surface area contributed by atoms with Crippen molar-refractivity contribution in [3.63, 3.8) is 0 Å². The molecule has 0 spiro atoms. The molecule has 1 unspecified atom stereocenters. The molecule has 0 heterocycles. The van der Waals surface area contributed by atoms with Crippen LogP contribution in [0.15, 0.2) is 0 Å². The van der Waals surface area contributed by atoms with Crippen molar-refractivity contribution < 1.29 is 14.3 Å². The lowest BCUT2D eigenvalue weighted by Crippen LogP contribution is -2.43. The fraction of sp³-hybridized carbons (Fsp3) is 0.900. The van der Waals surface area contributed by atoms with Gasteiger partial charge in [0.2, 0.25) is 0 Å². The number of hydrogen-bond donors (Lipinski definition) is 1. The van der Waals surface area contributed by atoms with Crippen LogP contribution in [0.25, 0.3) is 0 Å². The van der Waals surface area contributed by atoms with E-state index >= 15 is 0 Å². The van der Waals surface area contributed by atoms with E-state index in [4.69, 9.17) is 4.74 Å². The van der Waals surface area contributed by atoms with Crippen LogP contribution < -0.4 is 5.32 Å².